The maximum atomic E-state index is 11.9. The smallest absolute Gasteiger partial charge is 0.255 e. The number of nitrogens with one attached hydrogen (secondary N) is 2. The normalized spacial score (nSPS) is 10.1. The minimum atomic E-state index is -0.338. The summed E-state index contributed by atoms with van der Waals surface area (Å²) in [6, 6.07) is 8.05. The zero-order valence-electron chi connectivity index (χ0n) is 9.86. The second-order valence-electron chi connectivity index (χ2n) is 3.97. The molecule has 2 aromatic rings. The van der Waals surface area contributed by atoms with Gasteiger partial charge in [-0.2, -0.15) is 0 Å². The van der Waals surface area contributed by atoms with E-state index in [0.717, 1.165) is 5.56 Å². The number of carbonyl (C=O) groups is 1. The average Bonchev–Trinajstić information content (AvgIpc) is 2.34. The van der Waals surface area contributed by atoms with E-state index < -0.39 is 0 Å². The Morgan fingerprint density at radius 2 is 2.06 bits per heavy atom. The molecule has 2 rings (SSSR count). The van der Waals surface area contributed by atoms with Crippen molar-refractivity contribution >= 4 is 17.3 Å². The molecule has 0 radical (unpaired) electrons. The summed E-state index contributed by atoms with van der Waals surface area (Å²) < 4.78 is 0. The Morgan fingerprint density at radius 1 is 1.28 bits per heavy atom. The van der Waals surface area contributed by atoms with Gasteiger partial charge >= 0.3 is 0 Å². The molecule has 0 saturated carbocycles. The van der Waals surface area contributed by atoms with Crippen LogP contribution in [0.1, 0.15) is 15.9 Å². The highest BCUT2D eigenvalue weighted by Crippen LogP contribution is 2.18. The van der Waals surface area contributed by atoms with E-state index in [0.29, 0.717) is 16.9 Å². The summed E-state index contributed by atoms with van der Waals surface area (Å²) in [5, 5.41) is 2.72. The first-order chi connectivity index (χ1) is 8.56. The molecule has 0 atom stereocenters. The number of pyridine rings is 1. The van der Waals surface area contributed by atoms with Crippen LogP contribution in [0.25, 0.3) is 0 Å². The molecular formula is C13H13N3O2. The van der Waals surface area contributed by atoms with Gasteiger partial charge in [-0.1, -0.05) is 6.07 Å². The van der Waals surface area contributed by atoms with Crippen molar-refractivity contribution in [2.24, 2.45) is 0 Å². The van der Waals surface area contributed by atoms with E-state index in [-0.39, 0.29) is 11.5 Å². The van der Waals surface area contributed by atoms with Crippen LogP contribution in [0.15, 0.2) is 41.3 Å². The van der Waals surface area contributed by atoms with E-state index >= 15 is 0 Å². The fourth-order valence-electron chi connectivity index (χ4n) is 1.55. The van der Waals surface area contributed by atoms with Crippen molar-refractivity contribution in [1.82, 2.24) is 4.98 Å². The molecular weight excluding hydrogens is 230 g/mol. The van der Waals surface area contributed by atoms with Crippen molar-refractivity contribution in [2.75, 3.05) is 11.1 Å². The lowest BCUT2D eigenvalue weighted by molar-refractivity contribution is 0.102. The predicted octanol–water partition coefficient (Wildman–Crippen LogP) is 1.52. The Labute approximate surface area is 104 Å². The Balaban J connectivity index is 2.26. The lowest BCUT2D eigenvalue weighted by atomic mass is 10.1. The second kappa shape index (κ2) is 4.75. The average molecular weight is 243 g/mol. The van der Waals surface area contributed by atoms with Gasteiger partial charge in [0.15, 0.2) is 0 Å². The molecule has 1 aromatic carbocycles. The summed E-state index contributed by atoms with van der Waals surface area (Å²) in [4.78, 5) is 25.5. The number of benzene rings is 1. The van der Waals surface area contributed by atoms with E-state index in [2.05, 4.69) is 10.3 Å². The van der Waals surface area contributed by atoms with Crippen molar-refractivity contribution in [1.29, 1.82) is 0 Å². The molecule has 1 amide bonds. The maximum absolute atomic E-state index is 11.9. The first kappa shape index (κ1) is 11.9. The quantitative estimate of drug-likeness (QED) is 0.699. The van der Waals surface area contributed by atoms with Crippen LogP contribution in [-0.2, 0) is 0 Å². The van der Waals surface area contributed by atoms with E-state index in [1.807, 2.05) is 13.0 Å². The summed E-state index contributed by atoms with van der Waals surface area (Å²) in [7, 11) is 0. The van der Waals surface area contributed by atoms with Crippen molar-refractivity contribution < 1.29 is 4.79 Å². The third-order valence-corrected chi connectivity index (χ3v) is 2.55. The number of aryl methyl sites for hydroxylation is 1. The number of hydrogen-bond donors (Lipinski definition) is 3. The van der Waals surface area contributed by atoms with Crippen LogP contribution in [0, 0.1) is 6.92 Å². The third kappa shape index (κ3) is 2.57. The van der Waals surface area contributed by atoms with Crippen molar-refractivity contribution in [2.45, 2.75) is 6.92 Å². The molecule has 5 heteroatoms. The molecule has 1 heterocycles. The van der Waals surface area contributed by atoms with Crippen molar-refractivity contribution in [3.05, 3.63) is 58.0 Å². The summed E-state index contributed by atoms with van der Waals surface area (Å²) in [6.07, 6.45) is 1.43. The van der Waals surface area contributed by atoms with Crippen LogP contribution in [0.4, 0.5) is 11.4 Å². The van der Waals surface area contributed by atoms with Gasteiger partial charge in [0, 0.05) is 29.2 Å². The van der Waals surface area contributed by atoms with E-state index in [1.165, 1.54) is 12.3 Å². The molecule has 0 unspecified atom stereocenters. The SMILES string of the molecule is Cc1ccc(N)cc1NC(=O)c1cc[nH]c(=O)c1. The van der Waals surface area contributed by atoms with Crippen LogP contribution in [0.3, 0.4) is 0 Å². The number of H-pyrrole nitrogens is 1. The van der Waals surface area contributed by atoms with E-state index in [9.17, 15) is 9.59 Å². The van der Waals surface area contributed by atoms with E-state index in [1.54, 1.807) is 18.2 Å². The summed E-state index contributed by atoms with van der Waals surface area (Å²) >= 11 is 0. The number of amides is 1. The van der Waals surface area contributed by atoms with Crippen LogP contribution >= 0.6 is 0 Å². The van der Waals surface area contributed by atoms with Crippen LogP contribution in [0.5, 0.6) is 0 Å². The maximum Gasteiger partial charge on any atom is 0.255 e. The largest absolute Gasteiger partial charge is 0.399 e. The minimum absolute atomic E-state index is 0.306. The molecule has 1 aromatic heterocycles. The highest BCUT2D eigenvalue weighted by atomic mass is 16.2. The summed E-state index contributed by atoms with van der Waals surface area (Å²) in [5.74, 6) is -0.338. The van der Waals surface area contributed by atoms with Gasteiger partial charge in [-0.15, -0.1) is 0 Å². The predicted molar refractivity (Wildman–Crippen MR) is 70.6 cm³/mol. The standard InChI is InChI=1S/C13H13N3O2/c1-8-2-3-10(14)7-11(8)16-13(18)9-4-5-15-12(17)6-9/h2-7H,14H2,1H3,(H,15,17)(H,16,18). The number of aromatic amines is 1. The van der Waals surface area contributed by atoms with Gasteiger partial charge in [-0.25, -0.2) is 0 Å². The fraction of sp³-hybridized carbons (Fsp3) is 0.0769. The number of nitrogen functional groups attached to an aromatic ring is 1. The Hall–Kier alpha value is -2.56. The Bertz CT molecular complexity index is 647. The molecule has 0 saturated heterocycles. The molecule has 18 heavy (non-hydrogen) atoms. The summed E-state index contributed by atoms with van der Waals surface area (Å²) in [5.41, 5.74) is 7.77. The second-order valence-corrected chi connectivity index (χ2v) is 3.97. The van der Waals surface area contributed by atoms with Gasteiger partial charge in [-0.3, -0.25) is 9.59 Å². The van der Waals surface area contributed by atoms with Gasteiger partial charge in [0.2, 0.25) is 5.56 Å². The lowest BCUT2D eigenvalue weighted by Gasteiger charge is -2.08. The molecule has 92 valence electrons. The monoisotopic (exact) mass is 243 g/mol. The minimum Gasteiger partial charge on any atom is -0.399 e. The summed E-state index contributed by atoms with van der Waals surface area (Å²) in [6.45, 7) is 1.87. The molecule has 0 fully saturated rings. The number of carbonyl (C=O) groups excluding carboxylic acids is 1. The van der Waals surface area contributed by atoms with Gasteiger partial charge in [0.25, 0.3) is 5.91 Å². The molecule has 0 aliphatic rings. The first-order valence-electron chi connectivity index (χ1n) is 5.42. The highest BCUT2D eigenvalue weighted by Gasteiger charge is 2.08. The number of anilines is 2. The number of rotatable bonds is 2. The fourth-order valence-corrected chi connectivity index (χ4v) is 1.55. The van der Waals surface area contributed by atoms with Crippen LogP contribution in [-0.4, -0.2) is 10.9 Å². The zero-order valence-corrected chi connectivity index (χ0v) is 9.86. The van der Waals surface area contributed by atoms with E-state index in [4.69, 9.17) is 5.73 Å². The van der Waals surface area contributed by atoms with Crippen molar-refractivity contribution in [3.63, 3.8) is 0 Å². The van der Waals surface area contributed by atoms with Crippen molar-refractivity contribution in [3.8, 4) is 0 Å². The molecule has 4 N–H and O–H groups in total. The number of hydrogen-bond acceptors (Lipinski definition) is 3. The van der Waals surface area contributed by atoms with Gasteiger partial charge in [0.05, 0.1) is 0 Å². The third-order valence-electron chi connectivity index (χ3n) is 2.55. The molecule has 0 bridgehead atoms. The molecule has 0 aliphatic heterocycles. The van der Waals surface area contributed by atoms with Gasteiger partial charge in [0.1, 0.15) is 0 Å². The number of aromatic nitrogens is 1. The Morgan fingerprint density at radius 3 is 2.78 bits per heavy atom. The molecule has 0 aliphatic carbocycles. The lowest BCUT2D eigenvalue weighted by Crippen LogP contribution is -2.16. The molecule has 5 nitrogen and oxygen atoms in total. The van der Waals surface area contributed by atoms with Crippen LogP contribution < -0.4 is 16.6 Å². The van der Waals surface area contributed by atoms with Gasteiger partial charge < -0.3 is 16.0 Å². The topological polar surface area (TPSA) is 88.0 Å². The first-order valence-corrected chi connectivity index (χ1v) is 5.42. The number of nitrogens with two attached hydrogens (primary N) is 1. The van der Waals surface area contributed by atoms with Crippen LogP contribution in [0.2, 0.25) is 0 Å². The zero-order chi connectivity index (χ0) is 13.1. The molecule has 0 spiro atoms. The Kier molecular flexibility index (Phi) is 3.14. The highest BCUT2D eigenvalue weighted by molar-refractivity contribution is 6.04. The van der Waals surface area contributed by atoms with Gasteiger partial charge in [-0.05, 0) is 30.7 Å².